The Morgan fingerprint density at radius 3 is 2.83 bits per heavy atom. The molecule has 0 spiro atoms. The molecule has 0 aliphatic carbocycles. The molecule has 6 N–H and O–H groups in total. The lowest BCUT2D eigenvalue weighted by Gasteiger charge is -2.32. The van der Waals surface area contributed by atoms with Gasteiger partial charge in [0.25, 0.3) is 0 Å². The Morgan fingerprint density at radius 2 is 2.14 bits per heavy atom. The van der Waals surface area contributed by atoms with Gasteiger partial charge in [-0.25, -0.2) is 9.97 Å². The summed E-state index contributed by atoms with van der Waals surface area (Å²) in [5.74, 6) is 0.506. The van der Waals surface area contributed by atoms with Crippen LogP contribution < -0.4 is 16.8 Å². The smallest absolute Gasteiger partial charge is 0.147 e. The first kappa shape index (κ1) is 19.2. The fourth-order valence-electron chi connectivity index (χ4n) is 4.04. The number of allylic oxidation sites excluding steroid dienone is 1. The number of nitrogen functional groups attached to an aromatic ring is 1. The van der Waals surface area contributed by atoms with Crippen LogP contribution in [0.15, 0.2) is 29.7 Å². The Labute approximate surface area is 170 Å². The van der Waals surface area contributed by atoms with Crippen LogP contribution in [-0.4, -0.2) is 58.8 Å². The van der Waals surface area contributed by atoms with Gasteiger partial charge in [-0.2, -0.15) is 0 Å². The van der Waals surface area contributed by atoms with E-state index in [1.165, 1.54) is 0 Å². The molecule has 152 valence electrons. The van der Waals surface area contributed by atoms with Gasteiger partial charge in [-0.1, -0.05) is 6.92 Å². The molecule has 0 radical (unpaired) electrons. The summed E-state index contributed by atoms with van der Waals surface area (Å²) >= 11 is 0. The average molecular weight is 393 g/mol. The molecule has 1 aliphatic rings. The second-order valence-corrected chi connectivity index (χ2v) is 7.41. The fourth-order valence-corrected chi connectivity index (χ4v) is 4.04. The van der Waals surface area contributed by atoms with E-state index in [1.54, 1.807) is 31.9 Å². The quantitative estimate of drug-likeness (QED) is 0.495. The van der Waals surface area contributed by atoms with Crippen LogP contribution in [0.1, 0.15) is 25.3 Å². The molecule has 0 atom stereocenters. The van der Waals surface area contributed by atoms with E-state index in [9.17, 15) is 0 Å². The van der Waals surface area contributed by atoms with Gasteiger partial charge in [-0.3, -0.25) is 4.99 Å². The van der Waals surface area contributed by atoms with Crippen molar-refractivity contribution in [3.8, 4) is 0 Å². The van der Waals surface area contributed by atoms with Gasteiger partial charge in [0, 0.05) is 66.7 Å². The molecule has 0 amide bonds. The van der Waals surface area contributed by atoms with Crippen molar-refractivity contribution in [1.82, 2.24) is 19.9 Å². The molecule has 4 rings (SSSR count). The summed E-state index contributed by atoms with van der Waals surface area (Å²) in [5.41, 5.74) is 16.4. The van der Waals surface area contributed by atoms with Crippen molar-refractivity contribution in [1.29, 1.82) is 0 Å². The van der Waals surface area contributed by atoms with Crippen LogP contribution in [0.4, 0.5) is 11.5 Å². The summed E-state index contributed by atoms with van der Waals surface area (Å²) in [6.45, 7) is 5.50. The largest absolute Gasteiger partial charge is 0.404 e. The summed E-state index contributed by atoms with van der Waals surface area (Å²) in [7, 11) is 1.72. The second kappa shape index (κ2) is 8.08. The molecule has 0 bridgehead atoms. The topological polar surface area (TPSA) is 121 Å². The van der Waals surface area contributed by atoms with Crippen molar-refractivity contribution in [3.05, 3.63) is 30.2 Å². The van der Waals surface area contributed by atoms with Gasteiger partial charge in [0.2, 0.25) is 0 Å². The molecule has 3 aromatic rings. The van der Waals surface area contributed by atoms with Gasteiger partial charge in [0.15, 0.2) is 0 Å². The average Bonchev–Trinajstić information content (AvgIpc) is 3.12. The monoisotopic (exact) mass is 392 g/mol. The zero-order chi connectivity index (χ0) is 20.4. The Kier molecular flexibility index (Phi) is 5.35. The molecule has 8 heteroatoms. The number of fused-ring (bicyclic) bond motifs is 3. The van der Waals surface area contributed by atoms with Gasteiger partial charge in [0.05, 0.1) is 17.4 Å². The van der Waals surface area contributed by atoms with E-state index >= 15 is 0 Å². The summed E-state index contributed by atoms with van der Waals surface area (Å²) in [4.78, 5) is 18.9. The van der Waals surface area contributed by atoms with Crippen molar-refractivity contribution in [2.75, 3.05) is 37.7 Å². The van der Waals surface area contributed by atoms with Crippen LogP contribution in [0.2, 0.25) is 0 Å². The zero-order valence-corrected chi connectivity index (χ0v) is 16.9. The maximum atomic E-state index is 6.31. The number of hydrogen-bond acceptors (Lipinski definition) is 7. The third-order valence-corrected chi connectivity index (χ3v) is 5.68. The van der Waals surface area contributed by atoms with Gasteiger partial charge in [-0.15, -0.1) is 0 Å². The van der Waals surface area contributed by atoms with Crippen molar-refractivity contribution >= 4 is 45.2 Å². The number of likely N-dealkylation sites (tertiary alicyclic amines) is 1. The summed E-state index contributed by atoms with van der Waals surface area (Å²) in [6.07, 6.45) is 9.01. The van der Waals surface area contributed by atoms with E-state index in [-0.39, 0.29) is 0 Å². The third kappa shape index (κ3) is 3.63. The molecule has 3 aromatic heterocycles. The normalized spacial score (nSPS) is 17.0. The standard InChI is InChI=1S/C21H28N8/c1-3-29-6-4-15(5-7-29)27-19-18-16-8-13(14(9-22)10-24-2)11-26-21(16)28-17(18)12-25-20(19)23/h8-12,15,27H,3-7,22H2,1-2H3,(H2,23,25)(H,26,28). The molecule has 0 aromatic carbocycles. The first-order chi connectivity index (χ1) is 14.1. The molecular formula is C21H28N8. The van der Waals surface area contributed by atoms with Crippen molar-refractivity contribution in [3.63, 3.8) is 0 Å². The van der Waals surface area contributed by atoms with Crippen molar-refractivity contribution in [2.45, 2.75) is 25.8 Å². The molecule has 4 heterocycles. The Hall–Kier alpha value is -3.13. The number of aromatic nitrogens is 3. The van der Waals surface area contributed by atoms with Crippen LogP contribution in [0, 0.1) is 0 Å². The van der Waals surface area contributed by atoms with Crippen LogP contribution in [0.5, 0.6) is 0 Å². The maximum Gasteiger partial charge on any atom is 0.147 e. The van der Waals surface area contributed by atoms with Crippen LogP contribution in [0.25, 0.3) is 27.5 Å². The predicted molar refractivity (Wildman–Crippen MR) is 121 cm³/mol. The lowest BCUT2D eigenvalue weighted by molar-refractivity contribution is 0.229. The number of rotatable bonds is 5. The van der Waals surface area contributed by atoms with Gasteiger partial charge < -0.3 is 26.7 Å². The number of hydrogen-bond donors (Lipinski definition) is 4. The highest BCUT2D eigenvalue weighted by Crippen LogP contribution is 2.35. The number of aromatic amines is 1. The number of nitrogens with two attached hydrogens (primary N) is 2. The van der Waals surface area contributed by atoms with Gasteiger partial charge in [0.1, 0.15) is 11.5 Å². The third-order valence-electron chi connectivity index (χ3n) is 5.68. The Bertz CT molecular complexity index is 1070. The lowest BCUT2D eigenvalue weighted by atomic mass is 10.0. The molecule has 1 fully saturated rings. The fraction of sp³-hybridized carbons (Fsp3) is 0.381. The van der Waals surface area contributed by atoms with E-state index in [0.29, 0.717) is 11.9 Å². The minimum absolute atomic E-state index is 0.375. The Balaban J connectivity index is 1.78. The van der Waals surface area contributed by atoms with Crippen LogP contribution in [0.3, 0.4) is 0 Å². The van der Waals surface area contributed by atoms with E-state index in [2.05, 4.69) is 43.2 Å². The molecule has 8 nitrogen and oxygen atoms in total. The predicted octanol–water partition coefficient (Wildman–Crippen LogP) is 2.59. The first-order valence-corrected chi connectivity index (χ1v) is 10.0. The van der Waals surface area contributed by atoms with E-state index < -0.39 is 0 Å². The number of anilines is 2. The molecule has 1 aliphatic heterocycles. The number of piperidine rings is 1. The number of nitrogens with zero attached hydrogens (tertiary/aromatic N) is 4. The zero-order valence-electron chi connectivity index (χ0n) is 16.9. The maximum absolute atomic E-state index is 6.31. The first-order valence-electron chi connectivity index (χ1n) is 10.0. The summed E-state index contributed by atoms with van der Waals surface area (Å²) in [5, 5.41) is 5.68. The van der Waals surface area contributed by atoms with Gasteiger partial charge in [-0.05, 0) is 25.5 Å². The number of aliphatic imine (C=N–C) groups is 1. The number of nitrogens with one attached hydrogen (secondary N) is 2. The SMILES string of the molecule is CCN1CCC(Nc2c(N)ncc3[nH]c4ncc(C(C=NC)=CN)cc4c23)CC1. The highest BCUT2D eigenvalue weighted by atomic mass is 15.1. The van der Waals surface area contributed by atoms with E-state index in [4.69, 9.17) is 11.5 Å². The summed E-state index contributed by atoms with van der Waals surface area (Å²) < 4.78 is 0. The van der Waals surface area contributed by atoms with Gasteiger partial charge >= 0.3 is 0 Å². The highest BCUT2D eigenvalue weighted by Gasteiger charge is 2.21. The van der Waals surface area contributed by atoms with Crippen LogP contribution >= 0.6 is 0 Å². The van der Waals surface area contributed by atoms with Crippen molar-refractivity contribution < 1.29 is 0 Å². The molecular weight excluding hydrogens is 364 g/mol. The Morgan fingerprint density at radius 1 is 1.34 bits per heavy atom. The van der Waals surface area contributed by atoms with Crippen molar-refractivity contribution in [2.24, 2.45) is 10.7 Å². The minimum Gasteiger partial charge on any atom is -0.404 e. The van der Waals surface area contributed by atoms with E-state index in [1.807, 2.05) is 0 Å². The molecule has 0 unspecified atom stereocenters. The van der Waals surface area contributed by atoms with E-state index in [0.717, 1.165) is 71.2 Å². The number of pyridine rings is 2. The summed E-state index contributed by atoms with van der Waals surface area (Å²) in [6, 6.07) is 2.45. The molecule has 1 saturated heterocycles. The molecule has 29 heavy (non-hydrogen) atoms. The second-order valence-electron chi connectivity index (χ2n) is 7.41. The highest BCUT2D eigenvalue weighted by molar-refractivity contribution is 6.16. The minimum atomic E-state index is 0.375. The van der Waals surface area contributed by atoms with Crippen LogP contribution in [-0.2, 0) is 0 Å². The number of H-pyrrole nitrogens is 1. The molecule has 0 saturated carbocycles. The lowest BCUT2D eigenvalue weighted by Crippen LogP contribution is -2.39.